The highest BCUT2D eigenvalue weighted by Gasteiger charge is 2.25. The summed E-state index contributed by atoms with van der Waals surface area (Å²) in [5.74, 6) is 2.48. The summed E-state index contributed by atoms with van der Waals surface area (Å²) >= 11 is 0. The third-order valence-electron chi connectivity index (χ3n) is 5.29. The van der Waals surface area contributed by atoms with E-state index < -0.39 is 0 Å². The van der Waals surface area contributed by atoms with Crippen molar-refractivity contribution >= 4 is 41.5 Å². The molecule has 3 rings (SSSR count). The zero-order chi connectivity index (χ0) is 21.3. The van der Waals surface area contributed by atoms with Crippen LogP contribution in [0.2, 0.25) is 0 Å². The van der Waals surface area contributed by atoms with Gasteiger partial charge in [-0.2, -0.15) is 0 Å². The van der Waals surface area contributed by atoms with Crippen molar-refractivity contribution in [1.29, 1.82) is 0 Å². The van der Waals surface area contributed by atoms with Gasteiger partial charge in [-0.1, -0.05) is 18.6 Å². The summed E-state index contributed by atoms with van der Waals surface area (Å²) in [7, 11) is 5.00. The maximum Gasteiger partial charge on any atom is 0.227 e. The summed E-state index contributed by atoms with van der Waals surface area (Å²) in [4.78, 5) is 16.4. The van der Waals surface area contributed by atoms with E-state index in [0.717, 1.165) is 47.6 Å². The van der Waals surface area contributed by atoms with Crippen LogP contribution >= 0.6 is 24.0 Å². The molecule has 3 N–H and O–H groups in total. The highest BCUT2D eigenvalue weighted by atomic mass is 127. The van der Waals surface area contributed by atoms with Gasteiger partial charge in [-0.05, 0) is 42.7 Å². The summed E-state index contributed by atoms with van der Waals surface area (Å²) in [5, 5.41) is 9.61. The quantitative estimate of drug-likeness (QED) is 0.270. The molecule has 31 heavy (non-hydrogen) atoms. The van der Waals surface area contributed by atoms with Crippen LogP contribution in [0.25, 0.3) is 0 Å². The van der Waals surface area contributed by atoms with Gasteiger partial charge in [0.2, 0.25) is 5.91 Å². The second-order valence-electron chi connectivity index (χ2n) is 7.27. The predicted molar refractivity (Wildman–Crippen MR) is 134 cm³/mol. The smallest absolute Gasteiger partial charge is 0.227 e. The molecule has 0 atom stereocenters. The third kappa shape index (κ3) is 7.02. The van der Waals surface area contributed by atoms with Crippen LogP contribution in [0.5, 0.6) is 11.5 Å². The molecular formula is C23H31IN4O3. The van der Waals surface area contributed by atoms with Crippen LogP contribution in [0.4, 0.5) is 5.69 Å². The topological polar surface area (TPSA) is 84.0 Å². The number of carbonyl (C=O) groups excluding carboxylic acids is 1. The van der Waals surface area contributed by atoms with E-state index in [0.29, 0.717) is 19.0 Å². The van der Waals surface area contributed by atoms with E-state index in [9.17, 15) is 4.79 Å². The molecule has 0 aliphatic heterocycles. The first-order valence-corrected chi connectivity index (χ1v) is 10.2. The van der Waals surface area contributed by atoms with Gasteiger partial charge in [0, 0.05) is 43.4 Å². The summed E-state index contributed by atoms with van der Waals surface area (Å²) < 4.78 is 10.7. The molecule has 0 saturated heterocycles. The van der Waals surface area contributed by atoms with Gasteiger partial charge in [0.25, 0.3) is 0 Å². The number of guanidine groups is 1. The van der Waals surface area contributed by atoms with Crippen molar-refractivity contribution in [2.24, 2.45) is 10.9 Å². The minimum atomic E-state index is 0. The van der Waals surface area contributed by atoms with Gasteiger partial charge in [0.1, 0.15) is 11.5 Å². The lowest BCUT2D eigenvalue weighted by atomic mass is 9.85. The molecule has 2 aromatic carbocycles. The number of nitrogens with zero attached hydrogens (tertiary/aromatic N) is 1. The molecule has 0 heterocycles. The number of halogens is 1. The minimum absolute atomic E-state index is 0. The van der Waals surface area contributed by atoms with Crippen LogP contribution in [0.15, 0.2) is 47.5 Å². The number of rotatable bonds is 8. The molecule has 0 spiro atoms. The molecular weight excluding hydrogens is 507 g/mol. The van der Waals surface area contributed by atoms with Crippen LogP contribution in [0, 0.1) is 5.92 Å². The Balaban J connectivity index is 0.00000341. The van der Waals surface area contributed by atoms with Crippen LogP contribution < -0.4 is 25.4 Å². The fraction of sp³-hybridized carbons (Fsp3) is 0.391. The van der Waals surface area contributed by atoms with Crippen LogP contribution in [0.3, 0.4) is 0 Å². The number of carbonyl (C=O) groups is 1. The molecule has 0 unspecified atom stereocenters. The first-order chi connectivity index (χ1) is 14.6. The first-order valence-electron chi connectivity index (χ1n) is 10.2. The van der Waals surface area contributed by atoms with Crippen LogP contribution in [0.1, 0.15) is 30.4 Å². The van der Waals surface area contributed by atoms with Crippen molar-refractivity contribution in [2.45, 2.75) is 32.4 Å². The van der Waals surface area contributed by atoms with E-state index in [1.165, 1.54) is 0 Å². The standard InChI is InChI=1S/C23H30N4O3.HI/c1-24-23(26-15-18-10-11-20(29-2)13-21(18)30-3)25-14-16-6-4-9-19(12-16)27-22(28)17-7-5-8-17;/h4,6,9-13,17H,5,7-8,14-15H2,1-3H3,(H,27,28)(H2,24,25,26);1H. The second-order valence-corrected chi connectivity index (χ2v) is 7.27. The number of ether oxygens (including phenoxy) is 2. The highest BCUT2D eigenvalue weighted by Crippen LogP contribution is 2.27. The molecule has 1 saturated carbocycles. The molecule has 1 amide bonds. The van der Waals surface area contributed by atoms with Crippen molar-refractivity contribution in [3.8, 4) is 11.5 Å². The van der Waals surface area contributed by atoms with E-state index in [1.807, 2.05) is 42.5 Å². The fourth-order valence-electron chi connectivity index (χ4n) is 3.26. The number of nitrogens with one attached hydrogen (secondary N) is 3. The Kier molecular flexibility index (Phi) is 9.90. The zero-order valence-corrected chi connectivity index (χ0v) is 20.6. The molecule has 0 radical (unpaired) electrons. The maximum absolute atomic E-state index is 12.2. The Morgan fingerprint density at radius 1 is 1.06 bits per heavy atom. The van der Waals surface area contributed by atoms with E-state index in [-0.39, 0.29) is 35.8 Å². The van der Waals surface area contributed by atoms with Crippen molar-refractivity contribution < 1.29 is 14.3 Å². The molecule has 1 aliphatic rings. The average Bonchev–Trinajstić information content (AvgIpc) is 2.72. The van der Waals surface area contributed by atoms with E-state index in [2.05, 4.69) is 20.9 Å². The number of benzene rings is 2. The van der Waals surface area contributed by atoms with Gasteiger partial charge in [0.05, 0.1) is 14.2 Å². The minimum Gasteiger partial charge on any atom is -0.497 e. The summed E-state index contributed by atoms with van der Waals surface area (Å²) in [6.45, 7) is 1.15. The van der Waals surface area contributed by atoms with Gasteiger partial charge in [0.15, 0.2) is 5.96 Å². The lowest BCUT2D eigenvalue weighted by Crippen LogP contribution is -2.36. The fourth-order valence-corrected chi connectivity index (χ4v) is 3.26. The number of hydrogen-bond acceptors (Lipinski definition) is 4. The largest absolute Gasteiger partial charge is 0.497 e. The van der Waals surface area contributed by atoms with E-state index >= 15 is 0 Å². The Morgan fingerprint density at radius 2 is 1.84 bits per heavy atom. The number of methoxy groups -OCH3 is 2. The zero-order valence-electron chi connectivity index (χ0n) is 18.2. The number of amides is 1. The number of aliphatic imine (C=N–C) groups is 1. The summed E-state index contributed by atoms with van der Waals surface area (Å²) in [6, 6.07) is 13.6. The van der Waals surface area contributed by atoms with Crippen molar-refractivity contribution in [3.05, 3.63) is 53.6 Å². The third-order valence-corrected chi connectivity index (χ3v) is 5.29. The number of hydrogen-bond donors (Lipinski definition) is 3. The molecule has 7 nitrogen and oxygen atoms in total. The summed E-state index contributed by atoms with van der Waals surface area (Å²) in [6.07, 6.45) is 3.14. The SMILES string of the molecule is CN=C(NCc1cccc(NC(=O)C2CCC2)c1)NCc1ccc(OC)cc1OC.I. The first kappa shape index (κ1) is 24.8. The van der Waals surface area contributed by atoms with E-state index in [4.69, 9.17) is 9.47 Å². The maximum atomic E-state index is 12.2. The average molecular weight is 538 g/mol. The van der Waals surface area contributed by atoms with Crippen molar-refractivity contribution in [2.75, 3.05) is 26.6 Å². The van der Waals surface area contributed by atoms with Gasteiger partial charge >= 0.3 is 0 Å². The van der Waals surface area contributed by atoms with E-state index in [1.54, 1.807) is 21.3 Å². The molecule has 8 heteroatoms. The predicted octanol–water partition coefficient (Wildman–Crippen LogP) is 3.93. The van der Waals surface area contributed by atoms with Gasteiger partial charge in [-0.15, -0.1) is 24.0 Å². The lowest BCUT2D eigenvalue weighted by molar-refractivity contribution is -0.122. The Bertz CT molecular complexity index is 900. The van der Waals surface area contributed by atoms with Crippen LogP contribution in [-0.4, -0.2) is 33.1 Å². The molecule has 2 aromatic rings. The monoisotopic (exact) mass is 538 g/mol. The second kappa shape index (κ2) is 12.4. The molecule has 1 fully saturated rings. The Labute approximate surface area is 201 Å². The molecule has 0 aromatic heterocycles. The van der Waals surface area contributed by atoms with Crippen molar-refractivity contribution in [1.82, 2.24) is 10.6 Å². The highest BCUT2D eigenvalue weighted by molar-refractivity contribution is 14.0. The Hall–Kier alpha value is -2.49. The van der Waals surface area contributed by atoms with Gasteiger partial charge < -0.3 is 25.4 Å². The van der Waals surface area contributed by atoms with Crippen LogP contribution in [-0.2, 0) is 17.9 Å². The van der Waals surface area contributed by atoms with Gasteiger partial charge in [-0.3, -0.25) is 9.79 Å². The number of anilines is 1. The summed E-state index contributed by atoms with van der Waals surface area (Å²) in [5.41, 5.74) is 2.89. The van der Waals surface area contributed by atoms with Gasteiger partial charge in [-0.25, -0.2) is 0 Å². The molecule has 1 aliphatic carbocycles. The Morgan fingerprint density at radius 3 is 2.48 bits per heavy atom. The molecule has 0 bridgehead atoms. The molecule has 168 valence electrons. The normalized spacial score (nSPS) is 13.5. The van der Waals surface area contributed by atoms with Crippen molar-refractivity contribution in [3.63, 3.8) is 0 Å². The lowest BCUT2D eigenvalue weighted by Gasteiger charge is -2.24.